The maximum absolute atomic E-state index is 12.1. The number of anilines is 1. The zero-order chi connectivity index (χ0) is 21.1. The molecule has 2 N–H and O–H groups in total. The first-order chi connectivity index (χ1) is 14.5. The average Bonchev–Trinajstić information content (AvgIpc) is 3.04. The summed E-state index contributed by atoms with van der Waals surface area (Å²) in [5.41, 5.74) is 1.77. The number of nitrogens with zero attached hydrogens (tertiary/aromatic N) is 5. The largest absolute Gasteiger partial charge is 0.369 e. The second kappa shape index (κ2) is 7.78. The highest BCUT2D eigenvalue weighted by Gasteiger charge is 2.42. The number of amides is 1. The lowest BCUT2D eigenvalue weighted by Gasteiger charge is -2.13. The molecular formula is C22H18N6O2. The number of fused-ring (bicyclic) bond motifs is 1. The lowest BCUT2D eigenvalue weighted by atomic mass is 10.0. The summed E-state index contributed by atoms with van der Waals surface area (Å²) in [7, 11) is 1.65. The van der Waals surface area contributed by atoms with Crippen LogP contribution in [0.2, 0.25) is 0 Å². The summed E-state index contributed by atoms with van der Waals surface area (Å²) < 4.78 is 0. The molecule has 0 unspecified atom stereocenters. The van der Waals surface area contributed by atoms with Crippen LogP contribution in [0.1, 0.15) is 12.0 Å². The Morgan fingerprint density at radius 3 is 2.93 bits per heavy atom. The van der Waals surface area contributed by atoms with Crippen molar-refractivity contribution in [2.45, 2.75) is 12.0 Å². The van der Waals surface area contributed by atoms with E-state index in [1.807, 2.05) is 42.5 Å². The van der Waals surface area contributed by atoms with E-state index in [1.54, 1.807) is 7.05 Å². The van der Waals surface area contributed by atoms with Crippen molar-refractivity contribution in [2.75, 3.05) is 25.5 Å². The lowest BCUT2D eigenvalue weighted by molar-refractivity contribution is -0.137. The molecule has 3 aromatic rings. The van der Waals surface area contributed by atoms with E-state index in [4.69, 9.17) is 5.26 Å². The van der Waals surface area contributed by atoms with Crippen molar-refractivity contribution in [3.8, 4) is 29.2 Å². The molecule has 1 atom stereocenters. The quantitative estimate of drug-likeness (QED) is 0.508. The third-order valence-electron chi connectivity index (χ3n) is 4.90. The predicted molar refractivity (Wildman–Crippen MR) is 111 cm³/mol. The number of nitrogens with one attached hydrogen (secondary N) is 1. The Morgan fingerprint density at radius 2 is 2.17 bits per heavy atom. The molecular weight excluding hydrogens is 380 g/mol. The van der Waals surface area contributed by atoms with Gasteiger partial charge in [-0.25, -0.2) is 15.0 Å². The fourth-order valence-corrected chi connectivity index (χ4v) is 3.26. The highest BCUT2D eigenvalue weighted by Crippen LogP contribution is 2.24. The Bertz CT molecular complexity index is 1240. The number of aromatic nitrogens is 3. The van der Waals surface area contributed by atoms with Crippen molar-refractivity contribution >= 4 is 22.8 Å². The molecule has 8 heteroatoms. The van der Waals surface area contributed by atoms with E-state index in [1.165, 1.54) is 11.2 Å². The van der Waals surface area contributed by atoms with Crippen molar-refractivity contribution in [3.63, 3.8) is 0 Å². The maximum atomic E-state index is 12.1. The number of pyridine rings is 1. The minimum atomic E-state index is -1.63. The molecule has 1 aliphatic heterocycles. The van der Waals surface area contributed by atoms with Crippen LogP contribution in [0.4, 0.5) is 5.82 Å². The Labute approximate surface area is 173 Å². The van der Waals surface area contributed by atoms with Gasteiger partial charge >= 0.3 is 0 Å². The number of hydrogen-bond acceptors (Lipinski definition) is 7. The second-order valence-electron chi connectivity index (χ2n) is 6.97. The number of rotatable bonds is 3. The first kappa shape index (κ1) is 19.3. The van der Waals surface area contributed by atoms with Crippen LogP contribution >= 0.6 is 0 Å². The Kier molecular flexibility index (Phi) is 5.01. The smallest absolute Gasteiger partial charge is 0.267 e. The third kappa shape index (κ3) is 3.64. The molecule has 2 aromatic heterocycles. The van der Waals surface area contributed by atoms with Crippen molar-refractivity contribution in [1.29, 1.82) is 5.26 Å². The molecule has 0 spiro atoms. The maximum Gasteiger partial charge on any atom is 0.267 e. The fraction of sp³-hybridized carbons (Fsp3) is 0.227. The molecule has 1 saturated heterocycles. The van der Waals surface area contributed by atoms with Crippen molar-refractivity contribution in [3.05, 3.63) is 48.3 Å². The van der Waals surface area contributed by atoms with E-state index in [0.717, 1.165) is 5.56 Å². The predicted octanol–water partition coefficient (Wildman–Crippen LogP) is 1.57. The summed E-state index contributed by atoms with van der Waals surface area (Å²) in [6.45, 7) is 0.592. The SMILES string of the molecule is CN1CC[C@@](O)(C#Cc2cccc(-c3ccc4ncnc(NCC#N)c4n3)c2)C1=O. The van der Waals surface area contributed by atoms with Gasteiger partial charge in [0.15, 0.2) is 5.82 Å². The van der Waals surface area contributed by atoms with Crippen LogP contribution in [0.25, 0.3) is 22.3 Å². The van der Waals surface area contributed by atoms with Gasteiger partial charge in [0.2, 0.25) is 5.60 Å². The van der Waals surface area contributed by atoms with Gasteiger partial charge < -0.3 is 15.3 Å². The molecule has 0 radical (unpaired) electrons. The molecule has 0 aliphatic carbocycles. The minimum absolute atomic E-state index is 0.111. The topological polar surface area (TPSA) is 115 Å². The number of likely N-dealkylation sites (tertiary alicyclic amines) is 1. The Morgan fingerprint density at radius 1 is 1.30 bits per heavy atom. The normalized spacial score (nSPS) is 18.0. The zero-order valence-electron chi connectivity index (χ0n) is 16.3. The number of nitriles is 1. The number of carbonyl (C=O) groups excluding carboxylic acids is 1. The first-order valence-electron chi connectivity index (χ1n) is 9.34. The molecule has 1 aliphatic rings. The van der Waals surface area contributed by atoms with E-state index in [9.17, 15) is 9.90 Å². The summed E-state index contributed by atoms with van der Waals surface area (Å²) in [6, 6.07) is 13.1. The van der Waals surface area contributed by atoms with Gasteiger partial charge in [-0.05, 0) is 24.3 Å². The molecule has 30 heavy (non-hydrogen) atoms. The van der Waals surface area contributed by atoms with Gasteiger partial charge in [-0.2, -0.15) is 5.26 Å². The van der Waals surface area contributed by atoms with Crippen LogP contribution in [0.15, 0.2) is 42.7 Å². The molecule has 1 aromatic carbocycles. The molecule has 4 rings (SSSR count). The van der Waals surface area contributed by atoms with E-state index in [2.05, 4.69) is 32.1 Å². The van der Waals surface area contributed by atoms with Crippen LogP contribution in [0.3, 0.4) is 0 Å². The van der Waals surface area contributed by atoms with Crippen molar-refractivity contribution in [1.82, 2.24) is 19.9 Å². The highest BCUT2D eigenvalue weighted by molar-refractivity contribution is 5.90. The van der Waals surface area contributed by atoms with E-state index in [-0.39, 0.29) is 12.5 Å². The van der Waals surface area contributed by atoms with E-state index >= 15 is 0 Å². The van der Waals surface area contributed by atoms with E-state index in [0.29, 0.717) is 41.1 Å². The van der Waals surface area contributed by atoms with Crippen LogP contribution in [-0.2, 0) is 4.79 Å². The molecule has 1 amide bonds. The molecule has 148 valence electrons. The van der Waals surface area contributed by atoms with Crippen LogP contribution in [-0.4, -0.2) is 56.6 Å². The average molecular weight is 398 g/mol. The second-order valence-corrected chi connectivity index (χ2v) is 6.97. The third-order valence-corrected chi connectivity index (χ3v) is 4.90. The first-order valence-corrected chi connectivity index (χ1v) is 9.34. The van der Waals surface area contributed by atoms with Gasteiger partial charge in [0.1, 0.15) is 18.4 Å². The van der Waals surface area contributed by atoms with Crippen LogP contribution in [0.5, 0.6) is 0 Å². The fourth-order valence-electron chi connectivity index (χ4n) is 3.26. The van der Waals surface area contributed by atoms with Crippen molar-refractivity contribution in [2.24, 2.45) is 0 Å². The number of likely N-dealkylation sites (N-methyl/N-ethyl adjacent to an activating group) is 1. The van der Waals surface area contributed by atoms with Crippen molar-refractivity contribution < 1.29 is 9.90 Å². The minimum Gasteiger partial charge on any atom is -0.369 e. The summed E-state index contributed by atoms with van der Waals surface area (Å²) in [5, 5.41) is 22.2. The van der Waals surface area contributed by atoms with Gasteiger partial charge in [0.25, 0.3) is 5.91 Å². The van der Waals surface area contributed by atoms with Gasteiger partial charge in [-0.1, -0.05) is 24.0 Å². The summed E-state index contributed by atoms with van der Waals surface area (Å²) in [5.74, 6) is 5.76. The van der Waals surface area contributed by atoms with Crippen LogP contribution in [0, 0.1) is 23.2 Å². The van der Waals surface area contributed by atoms with Gasteiger partial charge in [-0.3, -0.25) is 4.79 Å². The van der Waals surface area contributed by atoms with Gasteiger partial charge in [0, 0.05) is 31.1 Å². The molecule has 3 heterocycles. The summed E-state index contributed by atoms with van der Waals surface area (Å²) in [6.07, 6.45) is 1.71. The van der Waals surface area contributed by atoms with Gasteiger partial charge in [-0.15, -0.1) is 0 Å². The van der Waals surface area contributed by atoms with E-state index < -0.39 is 5.60 Å². The number of carbonyl (C=O) groups is 1. The highest BCUT2D eigenvalue weighted by atomic mass is 16.3. The summed E-state index contributed by atoms with van der Waals surface area (Å²) >= 11 is 0. The molecule has 1 fully saturated rings. The lowest BCUT2D eigenvalue weighted by Crippen LogP contribution is -2.37. The summed E-state index contributed by atoms with van der Waals surface area (Å²) in [4.78, 5) is 26.6. The molecule has 8 nitrogen and oxygen atoms in total. The molecule has 0 saturated carbocycles. The Balaban J connectivity index is 1.68. The standard InChI is InChI=1S/C22H18N6O2/c1-28-12-9-22(30,21(28)29)8-7-15-3-2-4-16(13-15)17-5-6-18-19(27-17)20(24-11-10-23)26-14-25-18/h2-6,13-14,30H,9,11-12H2,1H3,(H,24,25,26)/t22-/m0/s1. The monoisotopic (exact) mass is 398 g/mol. The number of benzene rings is 1. The Hall–Kier alpha value is -4.01. The van der Waals surface area contributed by atoms with Gasteiger partial charge in [0.05, 0.1) is 17.3 Å². The zero-order valence-corrected chi connectivity index (χ0v) is 16.3. The molecule has 0 bridgehead atoms. The number of hydrogen-bond donors (Lipinski definition) is 2. The van der Waals surface area contributed by atoms with Crippen LogP contribution < -0.4 is 5.32 Å². The number of aliphatic hydroxyl groups is 1.